The van der Waals surface area contributed by atoms with Crippen molar-refractivity contribution in [1.82, 2.24) is 4.90 Å². The van der Waals surface area contributed by atoms with Crippen LogP contribution in [0.15, 0.2) is 54.6 Å². The summed E-state index contributed by atoms with van der Waals surface area (Å²) in [5, 5.41) is 11.6. The molecule has 3 aromatic rings. The fourth-order valence-corrected chi connectivity index (χ4v) is 4.09. The third-order valence-electron chi connectivity index (χ3n) is 4.71. The summed E-state index contributed by atoms with van der Waals surface area (Å²) in [4.78, 5) is 3.57. The Bertz CT molecular complexity index is 811. The van der Waals surface area contributed by atoms with Crippen molar-refractivity contribution in [2.45, 2.75) is 20.0 Å². The summed E-state index contributed by atoms with van der Waals surface area (Å²) in [5.41, 5.74) is 2.15. The first-order chi connectivity index (χ1) is 12.7. The third-order valence-corrected chi connectivity index (χ3v) is 5.87. The molecular weight excluding hydrogens is 342 g/mol. The Morgan fingerprint density at radius 2 is 1.81 bits per heavy atom. The largest absolute Gasteiger partial charge is 0.386 e. The van der Waals surface area contributed by atoms with Crippen molar-refractivity contribution in [3.63, 3.8) is 0 Å². The van der Waals surface area contributed by atoms with Crippen LogP contribution in [0.25, 0.3) is 20.5 Å². The molecule has 0 radical (unpaired) electrons. The van der Waals surface area contributed by atoms with E-state index in [9.17, 15) is 5.11 Å². The van der Waals surface area contributed by atoms with Crippen LogP contribution in [0.3, 0.4) is 0 Å². The van der Waals surface area contributed by atoms with Gasteiger partial charge >= 0.3 is 0 Å². The molecule has 0 aliphatic rings. The first kappa shape index (κ1) is 19.1. The molecule has 4 heteroatoms. The molecule has 0 aliphatic heterocycles. The van der Waals surface area contributed by atoms with Crippen LogP contribution in [0, 0.1) is 0 Å². The van der Waals surface area contributed by atoms with Crippen molar-refractivity contribution in [3.05, 3.63) is 60.2 Å². The number of nitrogens with zero attached hydrogens (tertiary/aromatic N) is 1. The van der Waals surface area contributed by atoms with Gasteiger partial charge in [-0.15, -0.1) is 11.3 Å². The Morgan fingerprint density at radius 1 is 1.04 bits per heavy atom. The van der Waals surface area contributed by atoms with Gasteiger partial charge in [-0.25, -0.2) is 0 Å². The molecule has 1 aromatic heterocycles. The summed E-state index contributed by atoms with van der Waals surface area (Å²) in [5.74, 6) is 0. The summed E-state index contributed by atoms with van der Waals surface area (Å²) < 4.78 is 6.92. The Morgan fingerprint density at radius 3 is 2.54 bits per heavy atom. The van der Waals surface area contributed by atoms with Crippen LogP contribution < -0.4 is 0 Å². The standard InChI is InChI=1S/C22H27NO2S/c1-3-23(4-2)12-13-25-16-20(24)18-10-11-21-19(14-18)15-22(26-21)17-8-6-5-7-9-17/h5-11,14-15,20,24H,3-4,12-13,16H2,1-2H3. The Balaban J connectivity index is 1.63. The van der Waals surface area contributed by atoms with Gasteiger partial charge in [0, 0.05) is 16.1 Å². The lowest BCUT2D eigenvalue weighted by atomic mass is 10.1. The van der Waals surface area contributed by atoms with Crippen molar-refractivity contribution < 1.29 is 9.84 Å². The van der Waals surface area contributed by atoms with Gasteiger partial charge in [0.25, 0.3) is 0 Å². The number of thiophene rings is 1. The second-order valence-corrected chi connectivity index (χ2v) is 7.48. The molecule has 3 nitrogen and oxygen atoms in total. The zero-order chi connectivity index (χ0) is 18.4. The van der Waals surface area contributed by atoms with E-state index in [4.69, 9.17) is 4.74 Å². The highest BCUT2D eigenvalue weighted by Crippen LogP contribution is 2.34. The van der Waals surface area contributed by atoms with Crippen LogP contribution >= 0.6 is 11.3 Å². The van der Waals surface area contributed by atoms with Gasteiger partial charge in [-0.3, -0.25) is 0 Å². The number of fused-ring (bicyclic) bond motifs is 1. The molecular formula is C22H27NO2S. The molecule has 1 atom stereocenters. The molecule has 0 aliphatic carbocycles. The number of hydrogen-bond donors (Lipinski definition) is 1. The smallest absolute Gasteiger partial charge is 0.102 e. The Kier molecular flexibility index (Phi) is 6.80. The molecule has 0 spiro atoms. The fraction of sp³-hybridized carbons (Fsp3) is 0.364. The van der Waals surface area contributed by atoms with Crippen LogP contribution in [-0.4, -0.2) is 42.9 Å². The Labute approximate surface area is 159 Å². The SMILES string of the molecule is CCN(CC)CCOCC(O)c1ccc2sc(-c3ccccc3)cc2c1. The zero-order valence-electron chi connectivity index (χ0n) is 15.5. The van der Waals surface area contributed by atoms with Gasteiger partial charge < -0.3 is 14.7 Å². The monoisotopic (exact) mass is 369 g/mol. The molecule has 138 valence electrons. The summed E-state index contributed by atoms with van der Waals surface area (Å²) >= 11 is 1.78. The van der Waals surface area contributed by atoms with Gasteiger partial charge in [-0.1, -0.05) is 50.2 Å². The van der Waals surface area contributed by atoms with E-state index in [-0.39, 0.29) is 0 Å². The van der Waals surface area contributed by atoms with Crippen molar-refractivity contribution in [3.8, 4) is 10.4 Å². The number of rotatable bonds is 9. The molecule has 0 saturated carbocycles. The van der Waals surface area contributed by atoms with Crippen molar-refractivity contribution >= 4 is 21.4 Å². The molecule has 0 amide bonds. The highest BCUT2D eigenvalue weighted by atomic mass is 32.1. The maximum atomic E-state index is 10.4. The number of hydrogen-bond acceptors (Lipinski definition) is 4. The lowest BCUT2D eigenvalue weighted by Gasteiger charge is -2.18. The molecule has 26 heavy (non-hydrogen) atoms. The van der Waals surface area contributed by atoms with Crippen LogP contribution in [0.4, 0.5) is 0 Å². The van der Waals surface area contributed by atoms with Gasteiger partial charge in [-0.2, -0.15) is 0 Å². The van der Waals surface area contributed by atoms with E-state index >= 15 is 0 Å². The quantitative estimate of drug-likeness (QED) is 0.541. The highest BCUT2D eigenvalue weighted by Gasteiger charge is 2.11. The third kappa shape index (κ3) is 4.71. The molecule has 0 saturated heterocycles. The molecule has 1 heterocycles. The number of ether oxygens (including phenoxy) is 1. The van der Waals surface area contributed by atoms with Gasteiger partial charge in [0.2, 0.25) is 0 Å². The van der Waals surface area contributed by atoms with Crippen molar-refractivity contribution in [2.75, 3.05) is 32.8 Å². The summed E-state index contributed by atoms with van der Waals surface area (Å²) in [6.07, 6.45) is -0.587. The second kappa shape index (κ2) is 9.28. The van der Waals surface area contributed by atoms with Crippen molar-refractivity contribution in [2.24, 2.45) is 0 Å². The summed E-state index contributed by atoms with van der Waals surface area (Å²) in [7, 11) is 0. The van der Waals surface area contributed by atoms with Crippen LogP contribution in [0.5, 0.6) is 0 Å². The average molecular weight is 370 g/mol. The lowest BCUT2D eigenvalue weighted by molar-refractivity contribution is 0.0274. The normalized spacial score (nSPS) is 12.8. The van der Waals surface area contributed by atoms with E-state index < -0.39 is 6.10 Å². The van der Waals surface area contributed by atoms with Crippen LogP contribution in [0.2, 0.25) is 0 Å². The van der Waals surface area contributed by atoms with E-state index in [1.54, 1.807) is 11.3 Å². The predicted octanol–water partition coefficient (Wildman–Crippen LogP) is 4.96. The predicted molar refractivity (Wildman–Crippen MR) is 111 cm³/mol. The maximum Gasteiger partial charge on any atom is 0.102 e. The molecule has 1 N–H and O–H groups in total. The molecule has 1 unspecified atom stereocenters. The van der Waals surface area contributed by atoms with Gasteiger partial charge in [0.05, 0.1) is 13.2 Å². The van der Waals surface area contributed by atoms with E-state index in [0.717, 1.165) is 25.2 Å². The van der Waals surface area contributed by atoms with E-state index in [1.165, 1.54) is 20.5 Å². The number of aliphatic hydroxyl groups excluding tert-OH is 1. The minimum Gasteiger partial charge on any atom is -0.386 e. The Hall–Kier alpha value is -1.72. The van der Waals surface area contributed by atoms with Crippen LogP contribution in [0.1, 0.15) is 25.5 Å². The number of benzene rings is 2. The number of likely N-dealkylation sites (N-methyl/N-ethyl adjacent to an activating group) is 1. The maximum absolute atomic E-state index is 10.4. The second-order valence-electron chi connectivity index (χ2n) is 6.39. The molecule has 0 bridgehead atoms. The van der Waals surface area contributed by atoms with E-state index in [0.29, 0.717) is 13.2 Å². The molecule has 3 rings (SSSR count). The van der Waals surface area contributed by atoms with Gasteiger partial charge in [0.1, 0.15) is 6.10 Å². The average Bonchev–Trinajstić information content (AvgIpc) is 3.12. The van der Waals surface area contributed by atoms with Crippen molar-refractivity contribution in [1.29, 1.82) is 0 Å². The fourth-order valence-electron chi connectivity index (χ4n) is 3.04. The lowest BCUT2D eigenvalue weighted by Crippen LogP contribution is -2.27. The minimum atomic E-state index is -0.587. The molecule has 0 fully saturated rings. The topological polar surface area (TPSA) is 32.7 Å². The molecule has 2 aromatic carbocycles. The summed E-state index contributed by atoms with van der Waals surface area (Å²) in [6.45, 7) is 8.25. The van der Waals surface area contributed by atoms with Crippen LogP contribution in [-0.2, 0) is 4.74 Å². The van der Waals surface area contributed by atoms with Gasteiger partial charge in [-0.05, 0) is 47.8 Å². The zero-order valence-corrected chi connectivity index (χ0v) is 16.3. The minimum absolute atomic E-state index is 0.336. The summed E-state index contributed by atoms with van der Waals surface area (Å²) in [6, 6.07) is 18.8. The first-order valence-electron chi connectivity index (χ1n) is 9.28. The van der Waals surface area contributed by atoms with Gasteiger partial charge in [0.15, 0.2) is 0 Å². The van der Waals surface area contributed by atoms with E-state index in [2.05, 4.69) is 61.2 Å². The van der Waals surface area contributed by atoms with E-state index in [1.807, 2.05) is 12.1 Å². The highest BCUT2D eigenvalue weighted by molar-refractivity contribution is 7.22. The first-order valence-corrected chi connectivity index (χ1v) is 10.1. The number of aliphatic hydroxyl groups is 1.